The van der Waals surface area contributed by atoms with E-state index in [0.29, 0.717) is 0 Å². The van der Waals surface area contributed by atoms with Gasteiger partial charge in [0.2, 0.25) is 0 Å². The maximum atomic E-state index is 2.42. The summed E-state index contributed by atoms with van der Waals surface area (Å²) < 4.78 is 0. The molecule has 0 radical (unpaired) electrons. The lowest BCUT2D eigenvalue weighted by Crippen LogP contribution is -1.93. The first-order chi connectivity index (χ1) is 25.2. The molecule has 0 nitrogen and oxygen atoms in total. The SMILES string of the molecule is Cc1cc(-c2c3ccccc3c(C=Cc3ccccc3)c3ccccc23)cc(-c2c3ccccc3c(C=Cc3ccccc3)c3ccccc23)c1. The van der Waals surface area contributed by atoms with Crippen LogP contribution in [-0.2, 0) is 0 Å². The number of aryl methyl sites for hydroxylation is 1. The van der Waals surface area contributed by atoms with Crippen molar-refractivity contribution >= 4 is 67.4 Å². The van der Waals surface area contributed by atoms with Crippen molar-refractivity contribution in [2.75, 3.05) is 0 Å². The fourth-order valence-electron chi connectivity index (χ4n) is 7.86. The van der Waals surface area contributed by atoms with Crippen molar-refractivity contribution in [1.29, 1.82) is 0 Å². The van der Waals surface area contributed by atoms with Crippen molar-refractivity contribution < 1.29 is 0 Å². The summed E-state index contributed by atoms with van der Waals surface area (Å²) in [6, 6.07) is 63.9. The Kier molecular flexibility index (Phi) is 7.84. The van der Waals surface area contributed by atoms with Gasteiger partial charge in [0.05, 0.1) is 0 Å². The predicted octanol–water partition coefficient (Wildman–Crippen LogP) is 14.3. The lowest BCUT2D eigenvalue weighted by Gasteiger charge is -2.19. The van der Waals surface area contributed by atoms with Crippen molar-refractivity contribution in [3.05, 3.63) is 204 Å². The van der Waals surface area contributed by atoms with Gasteiger partial charge < -0.3 is 0 Å². The Morgan fingerprint density at radius 3 is 0.922 bits per heavy atom. The van der Waals surface area contributed by atoms with Crippen LogP contribution in [0.15, 0.2) is 176 Å². The Labute approximate surface area is 299 Å². The van der Waals surface area contributed by atoms with E-state index >= 15 is 0 Å². The molecular formula is C51H36. The summed E-state index contributed by atoms with van der Waals surface area (Å²) in [7, 11) is 0. The van der Waals surface area contributed by atoms with Gasteiger partial charge in [0, 0.05) is 0 Å². The third-order valence-corrected chi connectivity index (χ3v) is 10.1. The van der Waals surface area contributed by atoms with E-state index in [2.05, 4.69) is 207 Å². The van der Waals surface area contributed by atoms with Crippen LogP contribution in [0, 0.1) is 6.92 Å². The van der Waals surface area contributed by atoms with Crippen LogP contribution in [0.3, 0.4) is 0 Å². The molecule has 9 aromatic carbocycles. The summed E-state index contributed by atoms with van der Waals surface area (Å²) in [6.07, 6.45) is 9.04. The highest BCUT2D eigenvalue weighted by atomic mass is 14.2. The number of hydrogen-bond acceptors (Lipinski definition) is 0. The molecular weight excluding hydrogens is 613 g/mol. The molecule has 0 aliphatic carbocycles. The van der Waals surface area contributed by atoms with Crippen LogP contribution in [0.1, 0.15) is 27.8 Å². The van der Waals surface area contributed by atoms with Gasteiger partial charge >= 0.3 is 0 Å². The fraction of sp³-hybridized carbons (Fsp3) is 0.0196. The summed E-state index contributed by atoms with van der Waals surface area (Å²) in [4.78, 5) is 0. The van der Waals surface area contributed by atoms with Crippen LogP contribution in [-0.4, -0.2) is 0 Å². The molecule has 51 heavy (non-hydrogen) atoms. The highest BCUT2D eigenvalue weighted by Crippen LogP contribution is 2.44. The van der Waals surface area contributed by atoms with Crippen LogP contribution in [0.25, 0.3) is 89.6 Å². The fourth-order valence-corrected chi connectivity index (χ4v) is 7.86. The van der Waals surface area contributed by atoms with Crippen LogP contribution < -0.4 is 0 Å². The van der Waals surface area contributed by atoms with Crippen molar-refractivity contribution in [3.63, 3.8) is 0 Å². The minimum atomic E-state index is 1.19. The largest absolute Gasteiger partial charge is 0.0622 e. The van der Waals surface area contributed by atoms with Gasteiger partial charge in [-0.25, -0.2) is 0 Å². The Morgan fingerprint density at radius 1 is 0.294 bits per heavy atom. The van der Waals surface area contributed by atoms with E-state index in [-0.39, 0.29) is 0 Å². The highest BCUT2D eigenvalue weighted by molar-refractivity contribution is 6.20. The van der Waals surface area contributed by atoms with Crippen LogP contribution in [0.5, 0.6) is 0 Å². The lowest BCUT2D eigenvalue weighted by atomic mass is 9.84. The van der Waals surface area contributed by atoms with Gasteiger partial charge in [-0.05, 0) is 106 Å². The summed E-state index contributed by atoms with van der Waals surface area (Å²) in [5.41, 5.74) is 11.1. The molecule has 0 heteroatoms. The molecule has 9 aromatic rings. The Hall–Kier alpha value is -6.50. The van der Waals surface area contributed by atoms with E-state index in [1.807, 2.05) is 0 Å². The number of fused-ring (bicyclic) bond motifs is 4. The third kappa shape index (κ3) is 5.62. The second-order valence-electron chi connectivity index (χ2n) is 13.3. The normalized spacial score (nSPS) is 11.9. The maximum absolute atomic E-state index is 2.42. The van der Waals surface area contributed by atoms with Gasteiger partial charge in [-0.15, -0.1) is 0 Å². The Morgan fingerprint density at radius 2 is 0.588 bits per heavy atom. The Bertz CT molecular complexity index is 2480. The van der Waals surface area contributed by atoms with Gasteiger partial charge in [-0.3, -0.25) is 0 Å². The maximum Gasteiger partial charge on any atom is -0.00261 e. The molecule has 0 unspecified atom stereocenters. The molecule has 0 heterocycles. The topological polar surface area (TPSA) is 0 Å². The first kappa shape index (κ1) is 30.6. The molecule has 9 rings (SSSR count). The zero-order chi connectivity index (χ0) is 34.1. The summed E-state index contributed by atoms with van der Waals surface area (Å²) in [5.74, 6) is 0. The highest BCUT2D eigenvalue weighted by Gasteiger charge is 2.18. The minimum absolute atomic E-state index is 1.19. The standard InChI is InChI=1S/C51H36/c1-35-32-38(50-46-24-12-8-20-40(46)44(41-21-9-13-25-47(41)50)30-28-36-16-4-2-5-17-36)34-39(33-35)51-48-26-14-10-22-42(48)45(43-23-11-15-27-49(43)51)31-29-37-18-6-3-7-19-37/h2-34H,1H3. The molecule has 0 saturated carbocycles. The van der Waals surface area contributed by atoms with E-state index in [1.165, 1.54) is 93.2 Å². The molecule has 0 fully saturated rings. The van der Waals surface area contributed by atoms with Crippen molar-refractivity contribution in [3.8, 4) is 22.3 Å². The van der Waals surface area contributed by atoms with Crippen LogP contribution in [0.4, 0.5) is 0 Å². The zero-order valence-corrected chi connectivity index (χ0v) is 28.6. The smallest absolute Gasteiger partial charge is 0.00261 e. The monoisotopic (exact) mass is 648 g/mol. The molecule has 0 spiro atoms. The Balaban J connectivity index is 1.29. The number of rotatable bonds is 6. The third-order valence-electron chi connectivity index (χ3n) is 10.1. The minimum Gasteiger partial charge on any atom is -0.0622 e. The van der Waals surface area contributed by atoms with Gasteiger partial charge in [-0.2, -0.15) is 0 Å². The number of hydrogen-bond donors (Lipinski definition) is 0. The average molecular weight is 649 g/mol. The van der Waals surface area contributed by atoms with Gasteiger partial charge in [0.15, 0.2) is 0 Å². The lowest BCUT2D eigenvalue weighted by molar-refractivity contribution is 1.47. The second-order valence-corrected chi connectivity index (χ2v) is 13.3. The predicted molar refractivity (Wildman–Crippen MR) is 223 cm³/mol. The van der Waals surface area contributed by atoms with Crippen LogP contribution >= 0.6 is 0 Å². The van der Waals surface area contributed by atoms with E-state index in [4.69, 9.17) is 0 Å². The molecule has 0 saturated heterocycles. The van der Waals surface area contributed by atoms with E-state index in [9.17, 15) is 0 Å². The van der Waals surface area contributed by atoms with E-state index in [0.717, 1.165) is 0 Å². The second kappa shape index (κ2) is 13.1. The molecule has 0 bridgehead atoms. The van der Waals surface area contributed by atoms with E-state index < -0.39 is 0 Å². The molecule has 0 aliphatic heterocycles. The summed E-state index contributed by atoms with van der Waals surface area (Å²) >= 11 is 0. The molecule has 0 atom stereocenters. The van der Waals surface area contributed by atoms with Gasteiger partial charge in [0.1, 0.15) is 0 Å². The molecule has 0 aromatic heterocycles. The molecule has 0 aliphatic rings. The summed E-state index contributed by atoms with van der Waals surface area (Å²) in [6.45, 7) is 2.23. The molecule has 0 N–H and O–H groups in total. The molecule has 240 valence electrons. The van der Waals surface area contributed by atoms with Crippen molar-refractivity contribution in [2.45, 2.75) is 6.92 Å². The first-order valence-corrected chi connectivity index (χ1v) is 17.7. The quantitative estimate of drug-likeness (QED) is 0.124. The zero-order valence-electron chi connectivity index (χ0n) is 28.6. The van der Waals surface area contributed by atoms with Gasteiger partial charge in [-0.1, -0.05) is 194 Å². The van der Waals surface area contributed by atoms with E-state index in [1.54, 1.807) is 0 Å². The average Bonchev–Trinajstić information content (AvgIpc) is 3.18. The van der Waals surface area contributed by atoms with Crippen LogP contribution in [0.2, 0.25) is 0 Å². The molecule has 0 amide bonds. The number of benzene rings is 9. The first-order valence-electron chi connectivity index (χ1n) is 17.7. The van der Waals surface area contributed by atoms with Crippen molar-refractivity contribution in [1.82, 2.24) is 0 Å². The van der Waals surface area contributed by atoms with Gasteiger partial charge in [0.25, 0.3) is 0 Å². The summed E-state index contributed by atoms with van der Waals surface area (Å²) in [5, 5.41) is 10.1. The van der Waals surface area contributed by atoms with Crippen molar-refractivity contribution in [2.24, 2.45) is 0 Å².